The van der Waals surface area contributed by atoms with Gasteiger partial charge in [0.05, 0.1) is 11.3 Å². The minimum absolute atomic E-state index is 0.435. The number of aromatic carboxylic acids is 1. The number of benzene rings is 2. The van der Waals surface area contributed by atoms with E-state index in [2.05, 4.69) is 27.2 Å². The van der Waals surface area contributed by atoms with Crippen LogP contribution in [0.5, 0.6) is 0 Å². The molecule has 0 unspecified atom stereocenters. The molecule has 0 amide bonds. The molecule has 0 radical (unpaired) electrons. The van der Waals surface area contributed by atoms with E-state index in [1.807, 2.05) is 48.5 Å². The van der Waals surface area contributed by atoms with Crippen LogP contribution in [-0.2, 0) is 13.0 Å². The fraction of sp³-hybridized carbons (Fsp3) is 0.150. The zero-order chi connectivity index (χ0) is 17.6. The molecule has 1 aliphatic rings. The zero-order valence-electron chi connectivity index (χ0n) is 13.3. The largest absolute Gasteiger partial charge is 0.478 e. The van der Waals surface area contributed by atoms with E-state index in [4.69, 9.17) is 11.6 Å². The third-order valence-corrected chi connectivity index (χ3v) is 5.53. The molecule has 0 bridgehead atoms. The van der Waals surface area contributed by atoms with Crippen molar-refractivity contribution >= 4 is 40.2 Å². The van der Waals surface area contributed by atoms with E-state index >= 15 is 0 Å². The Hall–Kier alpha value is -1.79. The number of nitrogens with zero attached hydrogens (tertiary/aromatic N) is 1. The minimum atomic E-state index is -0.861. The standard InChI is InChI=1S/C20H15ClINO2/c21-14-8-6-12(7-9-14)19-17(13-3-1-4-15(22)11-13)18(20(24)25)16-5-2-10-23(16)19/h1,3-4,6-9,11H,2,5,10H2,(H,24,25). The molecule has 0 fully saturated rings. The molecule has 1 aliphatic heterocycles. The molecule has 2 aromatic carbocycles. The first-order valence-electron chi connectivity index (χ1n) is 8.07. The number of halogens is 2. The third-order valence-electron chi connectivity index (χ3n) is 4.61. The van der Waals surface area contributed by atoms with E-state index < -0.39 is 5.97 Å². The lowest BCUT2D eigenvalue weighted by atomic mass is 9.96. The van der Waals surface area contributed by atoms with Crippen LogP contribution < -0.4 is 0 Å². The van der Waals surface area contributed by atoms with Gasteiger partial charge in [-0.2, -0.15) is 0 Å². The van der Waals surface area contributed by atoms with Gasteiger partial charge < -0.3 is 9.67 Å². The second-order valence-corrected chi connectivity index (χ2v) is 7.80. The van der Waals surface area contributed by atoms with Crippen LogP contribution in [0.2, 0.25) is 5.02 Å². The highest BCUT2D eigenvalue weighted by Crippen LogP contribution is 2.42. The number of aromatic nitrogens is 1. The molecular weight excluding hydrogens is 449 g/mol. The van der Waals surface area contributed by atoms with Gasteiger partial charge in [0.1, 0.15) is 0 Å². The summed E-state index contributed by atoms with van der Waals surface area (Å²) in [4.78, 5) is 12.1. The van der Waals surface area contributed by atoms with E-state index in [-0.39, 0.29) is 0 Å². The van der Waals surface area contributed by atoms with Crippen molar-refractivity contribution < 1.29 is 9.90 Å². The van der Waals surface area contributed by atoms with Gasteiger partial charge in [-0.3, -0.25) is 0 Å². The topological polar surface area (TPSA) is 42.2 Å². The van der Waals surface area contributed by atoms with Gasteiger partial charge in [-0.15, -0.1) is 0 Å². The smallest absolute Gasteiger partial charge is 0.338 e. The quantitative estimate of drug-likeness (QED) is 0.505. The molecule has 0 saturated heterocycles. The molecule has 126 valence electrons. The Labute approximate surface area is 164 Å². The second-order valence-electron chi connectivity index (χ2n) is 6.12. The summed E-state index contributed by atoms with van der Waals surface area (Å²) < 4.78 is 3.25. The van der Waals surface area contributed by atoms with Crippen molar-refractivity contribution in [1.82, 2.24) is 4.57 Å². The van der Waals surface area contributed by atoms with Gasteiger partial charge in [0.15, 0.2) is 0 Å². The average molecular weight is 464 g/mol. The highest BCUT2D eigenvalue weighted by molar-refractivity contribution is 14.1. The summed E-state index contributed by atoms with van der Waals surface area (Å²) in [5.41, 5.74) is 5.08. The van der Waals surface area contributed by atoms with Crippen LogP contribution in [0.1, 0.15) is 22.5 Å². The summed E-state index contributed by atoms with van der Waals surface area (Å²) in [6, 6.07) is 15.6. The Morgan fingerprint density at radius 1 is 1.12 bits per heavy atom. The number of fused-ring (bicyclic) bond motifs is 1. The van der Waals surface area contributed by atoms with E-state index in [0.717, 1.165) is 51.0 Å². The lowest BCUT2D eigenvalue weighted by Crippen LogP contribution is -2.01. The molecule has 1 aromatic heterocycles. The van der Waals surface area contributed by atoms with Crippen molar-refractivity contribution in [2.75, 3.05) is 0 Å². The summed E-state index contributed by atoms with van der Waals surface area (Å²) in [5.74, 6) is -0.861. The number of carboxylic acid groups (broad SMARTS) is 1. The summed E-state index contributed by atoms with van der Waals surface area (Å²) in [6.07, 6.45) is 1.77. The molecule has 3 aromatic rings. The first-order chi connectivity index (χ1) is 12.1. The van der Waals surface area contributed by atoms with Gasteiger partial charge in [0, 0.05) is 26.4 Å². The van der Waals surface area contributed by atoms with Crippen molar-refractivity contribution in [2.24, 2.45) is 0 Å². The van der Waals surface area contributed by atoms with E-state index in [9.17, 15) is 9.90 Å². The van der Waals surface area contributed by atoms with E-state index in [1.165, 1.54) is 0 Å². The van der Waals surface area contributed by atoms with Crippen LogP contribution in [-0.4, -0.2) is 15.6 Å². The Morgan fingerprint density at radius 2 is 1.88 bits per heavy atom. The molecular formula is C20H15ClINO2. The molecule has 2 heterocycles. The van der Waals surface area contributed by atoms with Gasteiger partial charge in [0.2, 0.25) is 0 Å². The molecule has 0 spiro atoms. The number of hydrogen-bond donors (Lipinski definition) is 1. The van der Waals surface area contributed by atoms with Crippen LogP contribution in [0.3, 0.4) is 0 Å². The first-order valence-corrected chi connectivity index (χ1v) is 9.52. The first kappa shape index (κ1) is 16.7. The summed E-state index contributed by atoms with van der Waals surface area (Å²) in [7, 11) is 0. The Bertz CT molecular complexity index is 976. The third kappa shape index (κ3) is 2.87. The average Bonchev–Trinajstić information content (AvgIpc) is 3.15. The van der Waals surface area contributed by atoms with Gasteiger partial charge in [-0.05, 0) is 70.8 Å². The second kappa shape index (κ2) is 6.50. The molecule has 25 heavy (non-hydrogen) atoms. The lowest BCUT2D eigenvalue weighted by Gasteiger charge is -2.11. The Balaban J connectivity index is 2.07. The monoisotopic (exact) mass is 463 g/mol. The number of hydrogen-bond acceptors (Lipinski definition) is 1. The zero-order valence-corrected chi connectivity index (χ0v) is 16.2. The van der Waals surface area contributed by atoms with Crippen LogP contribution in [0.25, 0.3) is 22.4 Å². The fourth-order valence-electron chi connectivity index (χ4n) is 3.64. The number of carboxylic acids is 1. The van der Waals surface area contributed by atoms with Crippen LogP contribution in [0.15, 0.2) is 48.5 Å². The fourth-order valence-corrected chi connectivity index (χ4v) is 4.31. The molecule has 0 saturated carbocycles. The molecule has 4 rings (SSSR count). The van der Waals surface area contributed by atoms with Crippen molar-refractivity contribution in [1.29, 1.82) is 0 Å². The Kier molecular flexibility index (Phi) is 4.33. The highest BCUT2D eigenvalue weighted by Gasteiger charge is 2.30. The summed E-state index contributed by atoms with van der Waals surface area (Å²) in [5, 5.41) is 10.6. The van der Waals surface area contributed by atoms with Gasteiger partial charge >= 0.3 is 5.97 Å². The van der Waals surface area contributed by atoms with Gasteiger partial charge in [-0.25, -0.2) is 4.79 Å². The summed E-state index contributed by atoms with van der Waals surface area (Å²) >= 11 is 8.31. The van der Waals surface area contributed by atoms with E-state index in [0.29, 0.717) is 10.6 Å². The van der Waals surface area contributed by atoms with Gasteiger partial charge in [0.25, 0.3) is 0 Å². The molecule has 1 N–H and O–H groups in total. The van der Waals surface area contributed by atoms with Crippen LogP contribution >= 0.6 is 34.2 Å². The maximum absolute atomic E-state index is 12.1. The molecule has 0 aliphatic carbocycles. The van der Waals surface area contributed by atoms with Crippen molar-refractivity contribution in [3.63, 3.8) is 0 Å². The van der Waals surface area contributed by atoms with E-state index in [1.54, 1.807) is 0 Å². The van der Waals surface area contributed by atoms with Crippen LogP contribution in [0.4, 0.5) is 0 Å². The minimum Gasteiger partial charge on any atom is -0.478 e. The van der Waals surface area contributed by atoms with Crippen molar-refractivity contribution in [3.8, 4) is 22.4 Å². The maximum atomic E-state index is 12.1. The molecule has 0 atom stereocenters. The maximum Gasteiger partial charge on any atom is 0.338 e. The van der Waals surface area contributed by atoms with Crippen LogP contribution in [0, 0.1) is 3.57 Å². The van der Waals surface area contributed by atoms with Crippen molar-refractivity contribution in [2.45, 2.75) is 19.4 Å². The molecule has 5 heteroatoms. The SMILES string of the molecule is O=C(O)c1c(-c2cccc(I)c2)c(-c2ccc(Cl)cc2)n2c1CCC2. The predicted molar refractivity (Wildman–Crippen MR) is 108 cm³/mol. The Morgan fingerprint density at radius 3 is 2.56 bits per heavy atom. The predicted octanol–water partition coefficient (Wildman–Crippen LogP) is 5.72. The van der Waals surface area contributed by atoms with Crippen molar-refractivity contribution in [3.05, 3.63) is 68.4 Å². The number of carbonyl (C=O) groups is 1. The highest BCUT2D eigenvalue weighted by atomic mass is 127. The molecule has 3 nitrogen and oxygen atoms in total. The lowest BCUT2D eigenvalue weighted by molar-refractivity contribution is 0.0696. The summed E-state index contributed by atoms with van der Waals surface area (Å²) in [6.45, 7) is 0.845. The number of rotatable bonds is 3. The normalized spacial score (nSPS) is 13.0. The van der Waals surface area contributed by atoms with Gasteiger partial charge in [-0.1, -0.05) is 35.9 Å².